The number of aromatic hydroxyl groups is 1. The van der Waals surface area contributed by atoms with Crippen LogP contribution in [0, 0.1) is 20.8 Å². The number of hydrogen-bond donors (Lipinski definition) is 3. The molecule has 0 saturated carbocycles. The molecule has 8 nitrogen and oxygen atoms in total. The van der Waals surface area contributed by atoms with Gasteiger partial charge in [0.05, 0.1) is 0 Å². The van der Waals surface area contributed by atoms with Gasteiger partial charge in [0.1, 0.15) is 23.4 Å². The maximum absolute atomic E-state index is 14.6. The summed E-state index contributed by atoms with van der Waals surface area (Å²) >= 11 is 0. The highest BCUT2D eigenvalue weighted by Gasteiger charge is 2.39. The lowest BCUT2D eigenvalue weighted by atomic mass is 9.96. The molecule has 3 amide bonds. The van der Waals surface area contributed by atoms with Crippen molar-refractivity contribution in [3.05, 3.63) is 94.5 Å². The molecule has 3 N–H and O–H groups in total. The van der Waals surface area contributed by atoms with E-state index in [4.69, 9.17) is 4.74 Å². The Morgan fingerprint density at radius 2 is 1.53 bits per heavy atom. The fourth-order valence-electron chi connectivity index (χ4n) is 4.97. The highest BCUT2D eigenvalue weighted by Crippen LogP contribution is 2.30. The number of hydrogen-bond acceptors (Lipinski definition) is 5. The Hall–Kier alpha value is -4.33. The molecule has 0 bridgehead atoms. The van der Waals surface area contributed by atoms with Gasteiger partial charge in [-0.2, -0.15) is 0 Å². The number of ether oxygens (including phenoxy) is 1. The van der Waals surface area contributed by atoms with Crippen LogP contribution in [-0.4, -0.2) is 45.6 Å². The molecule has 3 atom stereocenters. The molecule has 3 unspecified atom stereocenters. The van der Waals surface area contributed by atoms with Crippen LogP contribution < -0.4 is 10.6 Å². The van der Waals surface area contributed by atoms with Crippen molar-refractivity contribution >= 4 is 23.6 Å². The van der Waals surface area contributed by atoms with E-state index < -0.39 is 29.7 Å². The Kier molecular flexibility index (Phi) is 11.0. The maximum atomic E-state index is 14.6. The third-order valence-corrected chi connectivity index (χ3v) is 7.30. The minimum absolute atomic E-state index is 0.0932. The van der Waals surface area contributed by atoms with E-state index in [-0.39, 0.29) is 24.1 Å². The van der Waals surface area contributed by atoms with Gasteiger partial charge in [-0.25, -0.2) is 4.79 Å². The van der Waals surface area contributed by atoms with Crippen LogP contribution in [0.15, 0.2) is 66.7 Å². The van der Waals surface area contributed by atoms with Crippen LogP contribution in [0.4, 0.5) is 10.5 Å². The third kappa shape index (κ3) is 9.08. The standard InChI is InChI=1S/C35H45N3O5/c1-9-25(5)38(33(41)29(36-34(42)43-35(6,7)8)21-26-16-18-28(39)19-17-26)31(27-15-10-12-22(2)20-27)32(40)37-30-23(3)13-11-14-24(30)4/h10-20,25,29,31,39H,9,21H2,1-8H3,(H,36,42)(H,37,40). The average molecular weight is 588 g/mol. The number of carbonyl (C=O) groups is 3. The molecule has 3 rings (SSSR count). The molecule has 8 heteroatoms. The lowest BCUT2D eigenvalue weighted by Gasteiger charge is -2.38. The topological polar surface area (TPSA) is 108 Å². The number of nitrogens with one attached hydrogen (secondary N) is 2. The summed E-state index contributed by atoms with van der Waals surface area (Å²) in [5.74, 6) is -0.676. The van der Waals surface area contributed by atoms with E-state index in [0.717, 1.165) is 22.3 Å². The predicted octanol–water partition coefficient (Wildman–Crippen LogP) is 6.76. The van der Waals surface area contributed by atoms with Gasteiger partial charge in [0.25, 0.3) is 5.91 Å². The molecule has 0 aliphatic rings. The largest absolute Gasteiger partial charge is 0.508 e. The quantitative estimate of drug-likeness (QED) is 0.243. The van der Waals surface area contributed by atoms with Crippen LogP contribution in [0.1, 0.15) is 74.9 Å². The van der Waals surface area contributed by atoms with Crippen LogP contribution in [0.3, 0.4) is 0 Å². The molecular weight excluding hydrogens is 542 g/mol. The Bertz CT molecular complexity index is 1410. The Balaban J connectivity index is 2.12. The molecule has 0 aliphatic heterocycles. The van der Waals surface area contributed by atoms with Crippen LogP contribution >= 0.6 is 0 Å². The predicted molar refractivity (Wildman–Crippen MR) is 170 cm³/mol. The summed E-state index contributed by atoms with van der Waals surface area (Å²) in [4.78, 5) is 43.5. The van der Waals surface area contributed by atoms with Crippen molar-refractivity contribution in [1.29, 1.82) is 0 Å². The number of anilines is 1. The normalized spacial score (nSPS) is 13.4. The number of para-hydroxylation sites is 1. The first-order chi connectivity index (χ1) is 20.2. The van der Waals surface area contributed by atoms with E-state index in [1.54, 1.807) is 37.8 Å². The van der Waals surface area contributed by atoms with Crippen LogP contribution in [0.25, 0.3) is 0 Å². The van der Waals surface area contributed by atoms with Gasteiger partial charge in [0.15, 0.2) is 0 Å². The van der Waals surface area contributed by atoms with Gasteiger partial charge in [0, 0.05) is 18.2 Å². The molecule has 3 aromatic carbocycles. The van der Waals surface area contributed by atoms with E-state index in [1.807, 2.05) is 77.1 Å². The van der Waals surface area contributed by atoms with E-state index in [2.05, 4.69) is 10.6 Å². The molecule has 3 aromatic rings. The van der Waals surface area contributed by atoms with E-state index in [0.29, 0.717) is 17.7 Å². The fourth-order valence-corrected chi connectivity index (χ4v) is 4.97. The number of amides is 3. The molecule has 0 radical (unpaired) electrons. The van der Waals surface area contributed by atoms with E-state index in [9.17, 15) is 19.5 Å². The zero-order valence-corrected chi connectivity index (χ0v) is 26.5. The second-order valence-electron chi connectivity index (χ2n) is 12.1. The molecular formula is C35H45N3O5. The SMILES string of the molecule is CCC(C)N(C(=O)C(Cc1ccc(O)cc1)NC(=O)OC(C)(C)C)C(C(=O)Nc1c(C)cccc1C)c1cccc(C)c1. The van der Waals surface area contributed by atoms with Crippen molar-refractivity contribution in [1.82, 2.24) is 10.2 Å². The summed E-state index contributed by atoms with van der Waals surface area (Å²) in [6.45, 7) is 14.9. The number of rotatable bonds is 10. The van der Waals surface area contributed by atoms with Crippen molar-refractivity contribution in [2.24, 2.45) is 0 Å². The van der Waals surface area contributed by atoms with Gasteiger partial charge < -0.3 is 25.4 Å². The molecule has 43 heavy (non-hydrogen) atoms. The lowest BCUT2D eigenvalue weighted by molar-refractivity contribution is -0.143. The highest BCUT2D eigenvalue weighted by molar-refractivity contribution is 6.00. The van der Waals surface area contributed by atoms with Gasteiger partial charge >= 0.3 is 6.09 Å². The first-order valence-electron chi connectivity index (χ1n) is 14.7. The van der Waals surface area contributed by atoms with Gasteiger partial charge in [0.2, 0.25) is 5.91 Å². The Morgan fingerprint density at radius 3 is 2.09 bits per heavy atom. The highest BCUT2D eigenvalue weighted by atomic mass is 16.6. The van der Waals surface area contributed by atoms with Gasteiger partial charge in [-0.1, -0.05) is 67.1 Å². The number of nitrogens with zero attached hydrogens (tertiary/aromatic N) is 1. The number of benzene rings is 3. The van der Waals surface area contributed by atoms with Gasteiger partial charge in [-0.15, -0.1) is 0 Å². The van der Waals surface area contributed by atoms with Crippen molar-refractivity contribution in [2.75, 3.05) is 5.32 Å². The third-order valence-electron chi connectivity index (χ3n) is 7.30. The van der Waals surface area contributed by atoms with Crippen molar-refractivity contribution in [2.45, 2.75) is 92.0 Å². The number of carbonyl (C=O) groups excluding carboxylic acids is 3. The summed E-state index contributed by atoms with van der Waals surface area (Å²) in [6.07, 6.45) is -0.0335. The van der Waals surface area contributed by atoms with E-state index >= 15 is 0 Å². The zero-order chi connectivity index (χ0) is 31.9. The van der Waals surface area contributed by atoms with Gasteiger partial charge in [-0.3, -0.25) is 9.59 Å². The Labute approximate surface area is 255 Å². The number of phenols is 1. The average Bonchev–Trinajstić information content (AvgIpc) is 2.92. The van der Waals surface area contributed by atoms with Crippen molar-refractivity contribution in [3.8, 4) is 5.75 Å². The Morgan fingerprint density at radius 1 is 0.930 bits per heavy atom. The molecule has 0 fully saturated rings. The van der Waals surface area contributed by atoms with Crippen LogP contribution in [0.5, 0.6) is 5.75 Å². The summed E-state index contributed by atoms with van der Waals surface area (Å²) < 4.78 is 5.52. The minimum Gasteiger partial charge on any atom is -0.508 e. The van der Waals surface area contributed by atoms with Crippen molar-refractivity contribution < 1.29 is 24.2 Å². The number of alkyl carbamates (subject to hydrolysis) is 1. The number of aryl methyl sites for hydroxylation is 3. The summed E-state index contributed by atoms with van der Waals surface area (Å²) in [5, 5.41) is 15.7. The number of phenolic OH excluding ortho intramolecular Hbond substituents is 1. The van der Waals surface area contributed by atoms with Crippen molar-refractivity contribution in [3.63, 3.8) is 0 Å². The summed E-state index contributed by atoms with van der Waals surface area (Å²) in [6, 6.07) is 17.4. The molecule has 0 aromatic heterocycles. The summed E-state index contributed by atoms with van der Waals surface area (Å²) in [5.41, 5.74) is 4.09. The first-order valence-corrected chi connectivity index (χ1v) is 14.7. The molecule has 0 spiro atoms. The van der Waals surface area contributed by atoms with Crippen LogP contribution in [-0.2, 0) is 20.7 Å². The van der Waals surface area contributed by atoms with Crippen LogP contribution in [0.2, 0.25) is 0 Å². The molecule has 0 heterocycles. The lowest BCUT2D eigenvalue weighted by Crippen LogP contribution is -2.55. The molecule has 0 saturated heterocycles. The second-order valence-corrected chi connectivity index (χ2v) is 12.1. The maximum Gasteiger partial charge on any atom is 0.408 e. The monoisotopic (exact) mass is 587 g/mol. The van der Waals surface area contributed by atoms with E-state index in [1.165, 1.54) is 12.1 Å². The first kappa shape index (κ1) is 33.2. The molecule has 230 valence electrons. The molecule has 0 aliphatic carbocycles. The smallest absolute Gasteiger partial charge is 0.408 e. The minimum atomic E-state index is -1.05. The summed E-state index contributed by atoms with van der Waals surface area (Å²) in [7, 11) is 0. The van der Waals surface area contributed by atoms with Gasteiger partial charge in [-0.05, 0) is 89.3 Å². The fraction of sp³-hybridized carbons (Fsp3) is 0.400. The second kappa shape index (κ2) is 14.2. The zero-order valence-electron chi connectivity index (χ0n) is 26.5.